The quantitative estimate of drug-likeness (QED) is 0.828. The van der Waals surface area contributed by atoms with E-state index in [4.69, 9.17) is 0 Å². The van der Waals surface area contributed by atoms with Gasteiger partial charge in [-0.3, -0.25) is 0 Å². The van der Waals surface area contributed by atoms with Crippen molar-refractivity contribution in [2.75, 3.05) is 19.4 Å². The van der Waals surface area contributed by atoms with E-state index in [1.54, 1.807) is 30.3 Å². The van der Waals surface area contributed by atoms with Crippen LogP contribution in [0, 0.1) is 0 Å². The number of nitrogens with one attached hydrogen (secondary N) is 1. The molecule has 0 unspecified atom stereocenters. The number of hydrogen-bond acceptors (Lipinski definition) is 4. The molecular formula is C16H18F2N2O3S. The van der Waals surface area contributed by atoms with Gasteiger partial charge < -0.3 is 10.1 Å². The lowest BCUT2D eigenvalue weighted by molar-refractivity contribution is -0.0498. The molecule has 0 amide bonds. The molecule has 0 fully saturated rings. The van der Waals surface area contributed by atoms with Crippen LogP contribution in [0.3, 0.4) is 0 Å². The summed E-state index contributed by atoms with van der Waals surface area (Å²) < 4.78 is 53.8. The van der Waals surface area contributed by atoms with Crippen molar-refractivity contribution in [1.82, 2.24) is 4.31 Å². The molecule has 0 saturated heterocycles. The van der Waals surface area contributed by atoms with Crippen LogP contribution in [0.4, 0.5) is 14.5 Å². The lowest BCUT2D eigenvalue weighted by Gasteiger charge is -2.13. The number of anilines is 1. The van der Waals surface area contributed by atoms with E-state index in [9.17, 15) is 17.2 Å². The number of sulfonamides is 1. The molecule has 0 spiro atoms. The summed E-state index contributed by atoms with van der Waals surface area (Å²) in [4.78, 5) is 0.215. The first kappa shape index (κ1) is 18.2. The average molecular weight is 356 g/mol. The van der Waals surface area contributed by atoms with E-state index in [0.717, 1.165) is 9.87 Å². The number of benzene rings is 2. The highest BCUT2D eigenvalue weighted by Crippen LogP contribution is 2.19. The third kappa shape index (κ3) is 4.65. The predicted molar refractivity (Wildman–Crippen MR) is 87.7 cm³/mol. The van der Waals surface area contributed by atoms with Crippen molar-refractivity contribution >= 4 is 15.7 Å². The summed E-state index contributed by atoms with van der Waals surface area (Å²) in [5.74, 6) is 0.0784. The van der Waals surface area contributed by atoms with Gasteiger partial charge in [-0.25, -0.2) is 12.7 Å². The van der Waals surface area contributed by atoms with E-state index in [1.165, 1.54) is 32.3 Å². The van der Waals surface area contributed by atoms with Gasteiger partial charge in [-0.05, 0) is 42.0 Å². The van der Waals surface area contributed by atoms with Crippen molar-refractivity contribution in [1.29, 1.82) is 0 Å². The third-order valence-electron chi connectivity index (χ3n) is 3.25. The van der Waals surface area contributed by atoms with E-state index in [0.29, 0.717) is 12.2 Å². The molecule has 0 heterocycles. The van der Waals surface area contributed by atoms with Gasteiger partial charge in [-0.15, -0.1) is 0 Å². The summed E-state index contributed by atoms with van der Waals surface area (Å²) in [7, 11) is -0.531. The maximum Gasteiger partial charge on any atom is 0.387 e. The molecule has 0 aromatic heterocycles. The molecule has 130 valence electrons. The Kier molecular flexibility index (Phi) is 5.74. The average Bonchev–Trinajstić information content (AvgIpc) is 2.54. The number of ether oxygens (including phenoxy) is 1. The maximum atomic E-state index is 12.1. The second-order valence-corrected chi connectivity index (χ2v) is 7.34. The van der Waals surface area contributed by atoms with E-state index >= 15 is 0 Å². The lowest BCUT2D eigenvalue weighted by atomic mass is 10.2. The number of hydrogen-bond donors (Lipinski definition) is 1. The molecule has 0 atom stereocenters. The zero-order valence-electron chi connectivity index (χ0n) is 13.2. The summed E-state index contributed by atoms with van der Waals surface area (Å²) in [6.45, 7) is -2.46. The smallest absolute Gasteiger partial charge is 0.387 e. The number of rotatable bonds is 7. The Morgan fingerprint density at radius 2 is 1.79 bits per heavy atom. The Labute approximate surface area is 139 Å². The minimum Gasteiger partial charge on any atom is -0.435 e. The van der Waals surface area contributed by atoms with Crippen LogP contribution < -0.4 is 10.1 Å². The van der Waals surface area contributed by atoms with Gasteiger partial charge in [0.05, 0.1) is 4.90 Å². The zero-order valence-corrected chi connectivity index (χ0v) is 14.1. The SMILES string of the molecule is CN(C)S(=O)(=O)c1cccc(CNc2ccc(OC(F)F)cc2)c1. The van der Waals surface area contributed by atoms with Crippen LogP contribution in [0.2, 0.25) is 0 Å². The minimum atomic E-state index is -3.48. The Balaban J connectivity index is 2.05. The Hall–Kier alpha value is -2.19. The fourth-order valence-electron chi connectivity index (χ4n) is 1.99. The topological polar surface area (TPSA) is 58.6 Å². The molecule has 24 heavy (non-hydrogen) atoms. The number of alkyl halides is 2. The molecule has 0 aliphatic carbocycles. The molecule has 0 saturated carbocycles. The number of nitrogens with zero attached hydrogens (tertiary/aromatic N) is 1. The summed E-state index contributed by atoms with van der Waals surface area (Å²) in [6.07, 6.45) is 0. The van der Waals surface area contributed by atoms with Gasteiger partial charge in [0.2, 0.25) is 10.0 Å². The first-order chi connectivity index (χ1) is 11.3. The van der Waals surface area contributed by atoms with Crippen LogP contribution in [0.25, 0.3) is 0 Å². The van der Waals surface area contributed by atoms with Crippen LogP contribution in [0.5, 0.6) is 5.75 Å². The van der Waals surface area contributed by atoms with E-state index in [-0.39, 0.29) is 10.6 Å². The first-order valence-electron chi connectivity index (χ1n) is 7.09. The fraction of sp³-hybridized carbons (Fsp3) is 0.250. The van der Waals surface area contributed by atoms with E-state index in [1.807, 2.05) is 0 Å². The highest BCUT2D eigenvalue weighted by Gasteiger charge is 2.17. The first-order valence-corrected chi connectivity index (χ1v) is 8.53. The van der Waals surface area contributed by atoms with E-state index in [2.05, 4.69) is 10.1 Å². The number of halogens is 2. The van der Waals surface area contributed by atoms with Crippen LogP contribution in [0.1, 0.15) is 5.56 Å². The van der Waals surface area contributed by atoms with Crippen molar-refractivity contribution in [3.63, 3.8) is 0 Å². The van der Waals surface area contributed by atoms with Crippen molar-refractivity contribution in [2.45, 2.75) is 18.1 Å². The van der Waals surface area contributed by atoms with Gasteiger partial charge in [0.25, 0.3) is 0 Å². The van der Waals surface area contributed by atoms with Crippen molar-refractivity contribution in [3.05, 3.63) is 54.1 Å². The molecular weight excluding hydrogens is 338 g/mol. The monoisotopic (exact) mass is 356 g/mol. The van der Waals surface area contributed by atoms with Gasteiger partial charge in [0, 0.05) is 26.3 Å². The fourth-order valence-corrected chi connectivity index (χ4v) is 2.96. The van der Waals surface area contributed by atoms with Crippen LogP contribution in [-0.4, -0.2) is 33.4 Å². The lowest BCUT2D eigenvalue weighted by Crippen LogP contribution is -2.22. The van der Waals surface area contributed by atoms with Crippen LogP contribution in [0.15, 0.2) is 53.4 Å². The summed E-state index contributed by atoms with van der Waals surface area (Å²) in [6, 6.07) is 12.7. The van der Waals surface area contributed by atoms with Crippen LogP contribution in [-0.2, 0) is 16.6 Å². The van der Waals surface area contributed by atoms with Crippen molar-refractivity contribution in [3.8, 4) is 5.75 Å². The Bertz CT molecular complexity index is 778. The van der Waals surface area contributed by atoms with Gasteiger partial charge in [-0.2, -0.15) is 8.78 Å². The molecule has 8 heteroatoms. The zero-order chi connectivity index (χ0) is 17.7. The van der Waals surface area contributed by atoms with E-state index < -0.39 is 16.6 Å². The highest BCUT2D eigenvalue weighted by molar-refractivity contribution is 7.89. The molecule has 1 N–H and O–H groups in total. The third-order valence-corrected chi connectivity index (χ3v) is 5.06. The standard InChI is InChI=1S/C16H18F2N2O3S/c1-20(2)24(21,22)15-5-3-4-12(10-15)11-19-13-6-8-14(9-7-13)23-16(17)18/h3-10,16,19H,11H2,1-2H3. The normalized spacial score (nSPS) is 11.8. The molecule has 2 aromatic rings. The molecule has 5 nitrogen and oxygen atoms in total. The largest absolute Gasteiger partial charge is 0.435 e. The summed E-state index contributed by atoms with van der Waals surface area (Å²) in [5, 5.41) is 3.10. The second-order valence-electron chi connectivity index (χ2n) is 5.19. The van der Waals surface area contributed by atoms with Crippen molar-refractivity contribution < 1.29 is 21.9 Å². The van der Waals surface area contributed by atoms with Gasteiger partial charge in [0.15, 0.2) is 0 Å². The Morgan fingerprint density at radius 3 is 2.38 bits per heavy atom. The van der Waals surface area contributed by atoms with Crippen molar-refractivity contribution in [2.24, 2.45) is 0 Å². The second kappa shape index (κ2) is 7.59. The molecule has 0 bridgehead atoms. The van der Waals surface area contributed by atoms with Gasteiger partial charge >= 0.3 is 6.61 Å². The molecule has 2 rings (SSSR count). The summed E-state index contributed by atoms with van der Waals surface area (Å²) in [5.41, 5.74) is 1.49. The maximum absolute atomic E-state index is 12.1. The molecule has 2 aromatic carbocycles. The highest BCUT2D eigenvalue weighted by atomic mass is 32.2. The van der Waals surface area contributed by atoms with Gasteiger partial charge in [-0.1, -0.05) is 12.1 Å². The summed E-state index contributed by atoms with van der Waals surface area (Å²) >= 11 is 0. The molecule has 0 aliphatic heterocycles. The van der Waals surface area contributed by atoms with Crippen LogP contribution >= 0.6 is 0 Å². The Morgan fingerprint density at radius 1 is 1.12 bits per heavy atom. The van der Waals surface area contributed by atoms with Gasteiger partial charge in [0.1, 0.15) is 5.75 Å². The molecule has 0 radical (unpaired) electrons. The predicted octanol–water partition coefficient (Wildman–Crippen LogP) is 3.15. The molecule has 0 aliphatic rings. The minimum absolute atomic E-state index is 0.0784.